The molecule has 1 heterocycles. The first-order chi connectivity index (χ1) is 10.0. The molecule has 0 atom stereocenters. The number of halogens is 3. The van der Waals surface area contributed by atoms with Crippen LogP contribution in [0, 0.1) is 0 Å². The smallest absolute Gasteiger partial charge is 0.255 e. The lowest BCUT2D eigenvalue weighted by Crippen LogP contribution is -2.13. The maximum absolute atomic E-state index is 12.3. The first kappa shape index (κ1) is 16.1. The minimum absolute atomic E-state index is 0.253. The van der Waals surface area contributed by atoms with Gasteiger partial charge in [-0.1, -0.05) is 29.3 Å². The quantitative estimate of drug-likeness (QED) is 0.737. The molecule has 2 N–H and O–H groups in total. The van der Waals surface area contributed by atoms with Crippen molar-refractivity contribution in [1.29, 1.82) is 0 Å². The summed E-state index contributed by atoms with van der Waals surface area (Å²) in [5.41, 5.74) is 1.00. The Morgan fingerprint density at radius 3 is 2.81 bits per heavy atom. The fourth-order valence-electron chi connectivity index (χ4n) is 1.69. The zero-order chi connectivity index (χ0) is 15.4. The number of aromatic nitrogens is 1. The van der Waals surface area contributed by atoms with Crippen LogP contribution in [-0.2, 0) is 0 Å². The third-order valence-corrected chi connectivity index (χ3v) is 4.21. The fraction of sp³-hybridized carbons (Fsp3) is 0.143. The lowest BCUT2D eigenvalue weighted by molar-refractivity contribution is 0.102. The third-order valence-electron chi connectivity index (χ3n) is 2.61. The zero-order valence-electron chi connectivity index (χ0n) is 11.1. The summed E-state index contributed by atoms with van der Waals surface area (Å²) in [6.07, 6.45) is 0. The number of carbonyl (C=O) groups is 1. The maximum atomic E-state index is 12.3. The summed E-state index contributed by atoms with van der Waals surface area (Å²) in [4.78, 5) is 16.4. The normalized spacial score (nSPS) is 10.3. The van der Waals surface area contributed by atoms with Crippen molar-refractivity contribution in [2.45, 2.75) is 6.92 Å². The number of anilines is 2. The number of pyridine rings is 1. The van der Waals surface area contributed by atoms with E-state index in [1.54, 1.807) is 24.3 Å². The van der Waals surface area contributed by atoms with Crippen LogP contribution < -0.4 is 10.6 Å². The van der Waals surface area contributed by atoms with Crippen LogP contribution in [0.2, 0.25) is 10.2 Å². The van der Waals surface area contributed by atoms with Gasteiger partial charge in [0.2, 0.25) is 0 Å². The second kappa shape index (κ2) is 7.11. The lowest BCUT2D eigenvalue weighted by atomic mass is 10.2. The average Bonchev–Trinajstić information content (AvgIpc) is 2.43. The van der Waals surface area contributed by atoms with Gasteiger partial charge < -0.3 is 10.6 Å². The summed E-state index contributed by atoms with van der Waals surface area (Å²) in [7, 11) is 0. The molecular formula is C14H12BrCl2N3O. The second-order valence-electron chi connectivity index (χ2n) is 4.15. The average molecular weight is 389 g/mol. The molecule has 7 heteroatoms. The van der Waals surface area contributed by atoms with E-state index in [1.165, 1.54) is 6.07 Å². The predicted octanol–water partition coefficient (Wildman–Crippen LogP) is 4.84. The van der Waals surface area contributed by atoms with Gasteiger partial charge in [0.15, 0.2) is 0 Å². The molecule has 1 aromatic heterocycles. The van der Waals surface area contributed by atoms with Gasteiger partial charge in [-0.2, -0.15) is 0 Å². The highest BCUT2D eigenvalue weighted by Gasteiger charge is 2.12. The zero-order valence-corrected chi connectivity index (χ0v) is 14.2. The van der Waals surface area contributed by atoms with Crippen molar-refractivity contribution < 1.29 is 4.79 Å². The van der Waals surface area contributed by atoms with Gasteiger partial charge in [0.25, 0.3) is 5.91 Å². The first-order valence-electron chi connectivity index (χ1n) is 6.18. The van der Waals surface area contributed by atoms with Crippen molar-refractivity contribution >= 4 is 56.5 Å². The Hall–Kier alpha value is -1.30. The van der Waals surface area contributed by atoms with E-state index in [1.807, 2.05) is 6.92 Å². The first-order valence-corrected chi connectivity index (χ1v) is 7.73. The molecule has 1 aromatic carbocycles. The van der Waals surface area contributed by atoms with E-state index in [2.05, 4.69) is 31.5 Å². The molecule has 21 heavy (non-hydrogen) atoms. The summed E-state index contributed by atoms with van der Waals surface area (Å²) < 4.78 is 0.632. The number of rotatable bonds is 4. The molecular weight excluding hydrogens is 377 g/mol. The van der Waals surface area contributed by atoms with Crippen molar-refractivity contribution in [3.63, 3.8) is 0 Å². The molecule has 0 aliphatic rings. The molecule has 4 nitrogen and oxygen atoms in total. The van der Waals surface area contributed by atoms with Crippen molar-refractivity contribution in [2.24, 2.45) is 0 Å². The molecule has 0 aliphatic heterocycles. The Morgan fingerprint density at radius 1 is 1.33 bits per heavy atom. The monoisotopic (exact) mass is 387 g/mol. The van der Waals surface area contributed by atoms with Gasteiger partial charge in [0.05, 0.1) is 15.2 Å². The van der Waals surface area contributed by atoms with Gasteiger partial charge in [0.1, 0.15) is 11.0 Å². The third kappa shape index (κ3) is 4.09. The standard InChI is InChI=1S/C14H12BrCl2N3O/c1-2-18-12-7-8(6-11(17)20-12)14(21)19-10-5-3-4-9(16)13(10)15/h3-7H,2H2,1H3,(H,18,20)(H,19,21). The van der Waals surface area contributed by atoms with E-state index < -0.39 is 0 Å². The van der Waals surface area contributed by atoms with Crippen LogP contribution in [0.1, 0.15) is 17.3 Å². The molecule has 0 radical (unpaired) electrons. The van der Waals surface area contributed by atoms with Crippen molar-refractivity contribution in [1.82, 2.24) is 4.98 Å². The Labute approximate surface area is 141 Å². The number of benzene rings is 1. The molecule has 1 amide bonds. The molecule has 110 valence electrons. The summed E-state index contributed by atoms with van der Waals surface area (Å²) in [5.74, 6) is 0.265. The number of nitrogens with zero attached hydrogens (tertiary/aromatic N) is 1. The highest BCUT2D eigenvalue weighted by Crippen LogP contribution is 2.30. The van der Waals surface area contributed by atoms with Crippen molar-refractivity contribution in [3.05, 3.63) is 50.5 Å². The number of amides is 1. The second-order valence-corrected chi connectivity index (χ2v) is 5.74. The number of nitrogens with one attached hydrogen (secondary N) is 2. The molecule has 0 saturated heterocycles. The Kier molecular flexibility index (Phi) is 5.45. The SMILES string of the molecule is CCNc1cc(C(=O)Nc2cccc(Cl)c2Br)cc(Cl)n1. The van der Waals surface area contributed by atoms with Gasteiger partial charge >= 0.3 is 0 Å². The van der Waals surface area contributed by atoms with Gasteiger partial charge in [0, 0.05) is 12.1 Å². The van der Waals surface area contributed by atoms with Crippen LogP contribution in [0.25, 0.3) is 0 Å². The van der Waals surface area contributed by atoms with Gasteiger partial charge in [-0.25, -0.2) is 4.98 Å². The van der Waals surface area contributed by atoms with E-state index >= 15 is 0 Å². The molecule has 2 aromatic rings. The Bertz CT molecular complexity index is 679. The molecule has 0 spiro atoms. The van der Waals surface area contributed by atoms with Gasteiger partial charge in [-0.3, -0.25) is 4.79 Å². The minimum Gasteiger partial charge on any atom is -0.370 e. The molecule has 0 unspecified atom stereocenters. The summed E-state index contributed by atoms with van der Waals surface area (Å²) in [6, 6.07) is 8.39. The van der Waals surface area contributed by atoms with Crippen LogP contribution in [0.3, 0.4) is 0 Å². The highest BCUT2D eigenvalue weighted by molar-refractivity contribution is 9.10. The molecule has 2 rings (SSSR count). The molecule has 0 saturated carbocycles. The highest BCUT2D eigenvalue weighted by atomic mass is 79.9. The Morgan fingerprint density at radius 2 is 2.10 bits per heavy atom. The van der Waals surface area contributed by atoms with Crippen LogP contribution in [0.15, 0.2) is 34.8 Å². The van der Waals surface area contributed by atoms with E-state index in [4.69, 9.17) is 23.2 Å². The van der Waals surface area contributed by atoms with E-state index in [0.29, 0.717) is 33.1 Å². The van der Waals surface area contributed by atoms with E-state index in [0.717, 1.165) is 0 Å². The maximum Gasteiger partial charge on any atom is 0.255 e. The minimum atomic E-state index is -0.290. The predicted molar refractivity (Wildman–Crippen MR) is 90.5 cm³/mol. The summed E-state index contributed by atoms with van der Waals surface area (Å²) in [6.45, 7) is 2.62. The Balaban J connectivity index is 2.26. The van der Waals surface area contributed by atoms with Crippen LogP contribution >= 0.6 is 39.1 Å². The summed E-state index contributed by atoms with van der Waals surface area (Å²) >= 11 is 15.3. The van der Waals surface area contributed by atoms with Crippen molar-refractivity contribution in [2.75, 3.05) is 17.2 Å². The largest absolute Gasteiger partial charge is 0.370 e. The van der Waals surface area contributed by atoms with E-state index in [9.17, 15) is 4.79 Å². The number of carbonyl (C=O) groups excluding carboxylic acids is 1. The van der Waals surface area contributed by atoms with Gasteiger partial charge in [-0.15, -0.1) is 0 Å². The molecule has 0 fully saturated rings. The lowest BCUT2D eigenvalue weighted by Gasteiger charge is -2.10. The van der Waals surface area contributed by atoms with E-state index in [-0.39, 0.29) is 11.1 Å². The fourth-order valence-corrected chi connectivity index (χ4v) is 2.44. The number of hydrogen-bond donors (Lipinski definition) is 2. The molecule has 0 bridgehead atoms. The van der Waals surface area contributed by atoms with Crippen LogP contribution in [-0.4, -0.2) is 17.4 Å². The number of hydrogen-bond acceptors (Lipinski definition) is 3. The van der Waals surface area contributed by atoms with Gasteiger partial charge in [-0.05, 0) is 47.1 Å². The molecule has 0 aliphatic carbocycles. The topological polar surface area (TPSA) is 54.0 Å². The van der Waals surface area contributed by atoms with Crippen molar-refractivity contribution in [3.8, 4) is 0 Å². The van der Waals surface area contributed by atoms with Crippen LogP contribution in [0.5, 0.6) is 0 Å². The van der Waals surface area contributed by atoms with Crippen LogP contribution in [0.4, 0.5) is 11.5 Å². The summed E-state index contributed by atoms with van der Waals surface area (Å²) in [5, 5.41) is 6.58.